The predicted octanol–water partition coefficient (Wildman–Crippen LogP) is 0.224. The smallest absolute Gasteiger partial charge is 0.237 e. The van der Waals surface area contributed by atoms with E-state index in [2.05, 4.69) is 26.5 Å². The lowest BCUT2D eigenvalue weighted by Crippen LogP contribution is -2.56. The molecule has 0 aromatic carbocycles. The summed E-state index contributed by atoms with van der Waals surface area (Å²) in [6.07, 6.45) is 5.74. The molecule has 7 nitrogen and oxygen atoms in total. The van der Waals surface area contributed by atoms with Crippen LogP contribution in [0.3, 0.4) is 0 Å². The van der Waals surface area contributed by atoms with Crippen LogP contribution < -0.4 is 10.6 Å². The van der Waals surface area contributed by atoms with Gasteiger partial charge in [0.1, 0.15) is 5.54 Å². The molecule has 3 rings (SSSR count). The Kier molecular flexibility index (Phi) is 5.60. The van der Waals surface area contributed by atoms with Gasteiger partial charge < -0.3 is 10.6 Å². The van der Waals surface area contributed by atoms with E-state index in [1.165, 1.54) is 0 Å². The standard InChI is InChI=1S/C18H29N5O2/c1-14(17(25)20-15-4-5-15)23-10-8-22(9-11-23)12-16(24)21-18(13-19)6-2-3-7-18/h14-15H,2-12H2,1H3,(H,20,25)(H,21,24). The fourth-order valence-electron chi connectivity index (χ4n) is 3.78. The second kappa shape index (κ2) is 7.71. The van der Waals surface area contributed by atoms with Gasteiger partial charge in [0.2, 0.25) is 11.8 Å². The second-order valence-corrected chi connectivity index (χ2v) is 7.72. The quantitative estimate of drug-likeness (QED) is 0.718. The van der Waals surface area contributed by atoms with Crippen LogP contribution in [0.15, 0.2) is 0 Å². The van der Waals surface area contributed by atoms with Gasteiger partial charge >= 0.3 is 0 Å². The molecular weight excluding hydrogens is 318 g/mol. The number of hydrogen-bond acceptors (Lipinski definition) is 5. The van der Waals surface area contributed by atoms with Gasteiger partial charge in [0.05, 0.1) is 18.7 Å². The summed E-state index contributed by atoms with van der Waals surface area (Å²) < 4.78 is 0. The maximum atomic E-state index is 12.3. The van der Waals surface area contributed by atoms with Crippen molar-refractivity contribution in [1.82, 2.24) is 20.4 Å². The van der Waals surface area contributed by atoms with Crippen LogP contribution in [0.1, 0.15) is 45.4 Å². The third-order valence-electron chi connectivity index (χ3n) is 5.67. The molecule has 2 N–H and O–H groups in total. The summed E-state index contributed by atoms with van der Waals surface area (Å²) in [6, 6.07) is 2.58. The van der Waals surface area contributed by atoms with Crippen LogP contribution in [0.4, 0.5) is 0 Å². The summed E-state index contributed by atoms with van der Waals surface area (Å²) >= 11 is 0. The van der Waals surface area contributed by atoms with Crippen molar-refractivity contribution < 1.29 is 9.59 Å². The zero-order valence-electron chi connectivity index (χ0n) is 15.1. The maximum Gasteiger partial charge on any atom is 0.237 e. The number of nitriles is 1. The lowest BCUT2D eigenvalue weighted by Gasteiger charge is -2.37. The lowest BCUT2D eigenvalue weighted by molar-refractivity contribution is -0.128. The van der Waals surface area contributed by atoms with Crippen molar-refractivity contribution in [2.45, 2.75) is 63.1 Å². The molecule has 2 amide bonds. The fourth-order valence-corrected chi connectivity index (χ4v) is 3.78. The molecule has 2 saturated carbocycles. The topological polar surface area (TPSA) is 88.5 Å². The molecule has 3 aliphatic rings. The fraction of sp³-hybridized carbons (Fsp3) is 0.833. The Morgan fingerprint density at radius 3 is 2.40 bits per heavy atom. The molecule has 1 unspecified atom stereocenters. The molecule has 1 heterocycles. The molecular formula is C18H29N5O2. The number of nitrogens with zero attached hydrogens (tertiary/aromatic N) is 3. The second-order valence-electron chi connectivity index (χ2n) is 7.72. The van der Waals surface area contributed by atoms with Crippen LogP contribution in [0.2, 0.25) is 0 Å². The Morgan fingerprint density at radius 2 is 1.84 bits per heavy atom. The lowest BCUT2D eigenvalue weighted by atomic mass is 10.00. The van der Waals surface area contributed by atoms with Crippen molar-refractivity contribution in [3.63, 3.8) is 0 Å². The molecule has 1 saturated heterocycles. The molecule has 1 atom stereocenters. The predicted molar refractivity (Wildman–Crippen MR) is 93.6 cm³/mol. The van der Waals surface area contributed by atoms with Gasteiger partial charge in [-0.3, -0.25) is 19.4 Å². The van der Waals surface area contributed by atoms with Gasteiger partial charge in [-0.15, -0.1) is 0 Å². The van der Waals surface area contributed by atoms with Gasteiger partial charge in [-0.25, -0.2) is 0 Å². The van der Waals surface area contributed by atoms with Crippen molar-refractivity contribution in [2.75, 3.05) is 32.7 Å². The van der Waals surface area contributed by atoms with E-state index >= 15 is 0 Å². The summed E-state index contributed by atoms with van der Waals surface area (Å²) in [7, 11) is 0. The van der Waals surface area contributed by atoms with Crippen LogP contribution in [0, 0.1) is 11.3 Å². The van der Waals surface area contributed by atoms with Crippen LogP contribution in [0.25, 0.3) is 0 Å². The summed E-state index contributed by atoms with van der Waals surface area (Å²) in [5.41, 5.74) is -0.645. The van der Waals surface area contributed by atoms with Gasteiger partial charge in [0, 0.05) is 32.2 Å². The van der Waals surface area contributed by atoms with E-state index in [0.29, 0.717) is 12.6 Å². The molecule has 0 aromatic rings. The minimum absolute atomic E-state index is 0.0589. The van der Waals surface area contributed by atoms with E-state index in [1.54, 1.807) is 0 Å². The number of rotatable bonds is 6. The van der Waals surface area contributed by atoms with E-state index < -0.39 is 5.54 Å². The first-order chi connectivity index (χ1) is 12.0. The maximum absolute atomic E-state index is 12.3. The monoisotopic (exact) mass is 347 g/mol. The highest BCUT2D eigenvalue weighted by molar-refractivity contribution is 5.82. The molecule has 3 fully saturated rings. The van der Waals surface area contributed by atoms with Crippen molar-refractivity contribution in [3.8, 4) is 6.07 Å². The Morgan fingerprint density at radius 1 is 1.20 bits per heavy atom. The SMILES string of the molecule is CC(C(=O)NC1CC1)N1CCN(CC(=O)NC2(C#N)CCCC2)CC1. The van der Waals surface area contributed by atoms with Gasteiger partial charge in [-0.2, -0.15) is 5.26 Å². The number of hydrogen-bond donors (Lipinski definition) is 2. The third-order valence-corrected chi connectivity index (χ3v) is 5.67. The minimum Gasteiger partial charge on any atom is -0.352 e. The summed E-state index contributed by atoms with van der Waals surface area (Å²) in [5.74, 6) is 0.0577. The van der Waals surface area contributed by atoms with Crippen molar-refractivity contribution in [1.29, 1.82) is 5.26 Å². The highest BCUT2D eigenvalue weighted by atomic mass is 16.2. The number of carbonyl (C=O) groups excluding carboxylic acids is 2. The van der Waals surface area contributed by atoms with Crippen LogP contribution >= 0.6 is 0 Å². The molecule has 1 aliphatic heterocycles. The van der Waals surface area contributed by atoms with Crippen molar-refractivity contribution >= 4 is 11.8 Å². The summed E-state index contributed by atoms with van der Waals surface area (Å²) in [5, 5.41) is 15.4. The normalized spacial score (nSPS) is 25.1. The van der Waals surface area contributed by atoms with Crippen LogP contribution in [0.5, 0.6) is 0 Å². The van der Waals surface area contributed by atoms with E-state index in [-0.39, 0.29) is 17.9 Å². The van der Waals surface area contributed by atoms with Crippen molar-refractivity contribution in [3.05, 3.63) is 0 Å². The highest BCUT2D eigenvalue weighted by Crippen LogP contribution is 2.28. The zero-order chi connectivity index (χ0) is 17.9. The molecule has 0 aromatic heterocycles. The summed E-state index contributed by atoms with van der Waals surface area (Å²) in [4.78, 5) is 28.7. The first-order valence-corrected chi connectivity index (χ1v) is 9.50. The highest BCUT2D eigenvalue weighted by Gasteiger charge is 2.36. The van der Waals surface area contributed by atoms with E-state index in [9.17, 15) is 14.9 Å². The van der Waals surface area contributed by atoms with E-state index in [0.717, 1.165) is 64.7 Å². The zero-order valence-corrected chi connectivity index (χ0v) is 15.1. The largest absolute Gasteiger partial charge is 0.352 e. The van der Waals surface area contributed by atoms with Crippen LogP contribution in [-0.4, -0.2) is 72.0 Å². The Hall–Kier alpha value is -1.65. The van der Waals surface area contributed by atoms with Crippen LogP contribution in [-0.2, 0) is 9.59 Å². The molecule has 0 bridgehead atoms. The average molecular weight is 347 g/mol. The molecule has 0 radical (unpaired) electrons. The first kappa shape index (κ1) is 18.2. The van der Waals surface area contributed by atoms with Gasteiger partial charge in [0.25, 0.3) is 0 Å². The van der Waals surface area contributed by atoms with Gasteiger partial charge in [-0.1, -0.05) is 0 Å². The van der Waals surface area contributed by atoms with Gasteiger partial charge in [-0.05, 0) is 45.4 Å². The number of nitrogens with one attached hydrogen (secondary N) is 2. The Bertz CT molecular complexity index is 540. The third kappa shape index (κ3) is 4.71. The van der Waals surface area contributed by atoms with E-state index in [1.807, 2.05) is 6.92 Å². The molecule has 0 spiro atoms. The minimum atomic E-state index is -0.645. The number of amides is 2. The number of carbonyl (C=O) groups is 2. The first-order valence-electron chi connectivity index (χ1n) is 9.50. The molecule has 25 heavy (non-hydrogen) atoms. The number of piperazine rings is 1. The molecule has 138 valence electrons. The van der Waals surface area contributed by atoms with Gasteiger partial charge in [0.15, 0.2) is 0 Å². The Balaban J connectivity index is 1.40. The average Bonchev–Trinajstić information content (AvgIpc) is 3.30. The van der Waals surface area contributed by atoms with Crippen molar-refractivity contribution in [2.24, 2.45) is 0 Å². The van der Waals surface area contributed by atoms with E-state index in [4.69, 9.17) is 0 Å². The summed E-state index contributed by atoms with van der Waals surface area (Å²) in [6.45, 7) is 5.41. The Labute approximate surface area is 149 Å². The molecule has 2 aliphatic carbocycles. The molecule has 7 heteroatoms.